The summed E-state index contributed by atoms with van der Waals surface area (Å²) in [5, 5.41) is 0. The summed E-state index contributed by atoms with van der Waals surface area (Å²) in [6, 6.07) is 8.21. The van der Waals surface area contributed by atoms with Gasteiger partial charge in [-0.25, -0.2) is 8.78 Å². The minimum Gasteiger partial charge on any atom is -0.289 e. The van der Waals surface area contributed by atoms with E-state index in [9.17, 15) is 13.6 Å². The molecule has 0 amide bonds. The summed E-state index contributed by atoms with van der Waals surface area (Å²) < 4.78 is 26.2. The van der Waals surface area contributed by atoms with Crippen molar-refractivity contribution in [3.05, 3.63) is 70.3 Å². The lowest BCUT2D eigenvalue weighted by Gasteiger charge is -2.18. The molecule has 0 atom stereocenters. The fourth-order valence-electron chi connectivity index (χ4n) is 2.19. The summed E-state index contributed by atoms with van der Waals surface area (Å²) >= 11 is 0. The van der Waals surface area contributed by atoms with Crippen molar-refractivity contribution >= 4 is 5.78 Å². The molecule has 0 N–H and O–H groups in total. The summed E-state index contributed by atoms with van der Waals surface area (Å²) in [7, 11) is 0. The zero-order valence-electron chi connectivity index (χ0n) is 8.84. The first-order chi connectivity index (χ1) is 8.15. The van der Waals surface area contributed by atoms with Crippen molar-refractivity contribution in [2.45, 2.75) is 6.42 Å². The second kappa shape index (κ2) is 3.48. The molecule has 0 fully saturated rings. The molecular formula is C14H8F2O. The topological polar surface area (TPSA) is 17.1 Å². The third kappa shape index (κ3) is 1.55. The van der Waals surface area contributed by atoms with E-state index in [2.05, 4.69) is 0 Å². The number of halogens is 2. The smallest absolute Gasteiger partial charge is 0.193 e. The maximum Gasteiger partial charge on any atom is 0.193 e. The molecule has 2 aromatic rings. The lowest BCUT2D eigenvalue weighted by atomic mass is 9.85. The van der Waals surface area contributed by atoms with Crippen LogP contribution in [-0.4, -0.2) is 5.78 Å². The Balaban J connectivity index is 2.21. The molecule has 84 valence electrons. The van der Waals surface area contributed by atoms with Gasteiger partial charge in [0.25, 0.3) is 0 Å². The lowest BCUT2D eigenvalue weighted by molar-refractivity contribution is 0.103. The predicted octanol–water partition coefficient (Wildman–Crippen LogP) is 3.10. The highest BCUT2D eigenvalue weighted by molar-refractivity contribution is 6.12. The molecule has 0 saturated heterocycles. The predicted molar refractivity (Wildman–Crippen MR) is 59.0 cm³/mol. The molecule has 0 aromatic heterocycles. The first kappa shape index (κ1) is 10.1. The van der Waals surface area contributed by atoms with Crippen molar-refractivity contribution in [3.63, 3.8) is 0 Å². The van der Waals surface area contributed by atoms with Gasteiger partial charge in [-0.2, -0.15) is 0 Å². The van der Waals surface area contributed by atoms with Gasteiger partial charge in [-0.15, -0.1) is 0 Å². The highest BCUT2D eigenvalue weighted by Gasteiger charge is 2.23. The molecule has 0 saturated carbocycles. The van der Waals surface area contributed by atoms with Crippen LogP contribution in [0.4, 0.5) is 8.78 Å². The molecule has 3 heteroatoms. The highest BCUT2D eigenvalue weighted by Crippen LogP contribution is 2.28. The van der Waals surface area contributed by atoms with Gasteiger partial charge in [-0.3, -0.25) is 4.79 Å². The summed E-state index contributed by atoms with van der Waals surface area (Å²) in [6.45, 7) is 0. The first-order valence-electron chi connectivity index (χ1n) is 5.27. The number of carbonyl (C=O) groups is 1. The van der Waals surface area contributed by atoms with E-state index in [4.69, 9.17) is 0 Å². The van der Waals surface area contributed by atoms with Crippen LogP contribution in [0.2, 0.25) is 0 Å². The molecule has 0 aliphatic heterocycles. The van der Waals surface area contributed by atoms with Crippen LogP contribution in [0.5, 0.6) is 0 Å². The summed E-state index contributed by atoms with van der Waals surface area (Å²) in [4.78, 5) is 12.1. The molecule has 1 nitrogen and oxygen atoms in total. The van der Waals surface area contributed by atoms with Gasteiger partial charge in [0.05, 0.1) is 0 Å². The van der Waals surface area contributed by atoms with Gasteiger partial charge in [0.1, 0.15) is 11.6 Å². The van der Waals surface area contributed by atoms with Gasteiger partial charge in [0.15, 0.2) is 5.78 Å². The number of rotatable bonds is 0. The molecule has 2 aromatic carbocycles. The first-order valence-corrected chi connectivity index (χ1v) is 5.27. The molecular weight excluding hydrogens is 222 g/mol. The number of ketones is 1. The Hall–Kier alpha value is -2.03. The standard InChI is InChI=1S/C14H8F2O/c15-10-3-4-12-9(6-10)5-8-1-2-11(16)7-13(8)14(12)17/h1-4,6-7H,5H2. The highest BCUT2D eigenvalue weighted by atomic mass is 19.1. The van der Waals surface area contributed by atoms with Gasteiger partial charge in [-0.05, 0) is 47.9 Å². The van der Waals surface area contributed by atoms with Crippen molar-refractivity contribution in [2.75, 3.05) is 0 Å². The average Bonchev–Trinajstić information content (AvgIpc) is 2.30. The van der Waals surface area contributed by atoms with Crippen LogP contribution in [0.3, 0.4) is 0 Å². The quantitative estimate of drug-likeness (QED) is 0.580. The molecule has 0 radical (unpaired) electrons. The third-order valence-electron chi connectivity index (χ3n) is 3.01. The molecule has 17 heavy (non-hydrogen) atoms. The van der Waals surface area contributed by atoms with Crippen LogP contribution in [-0.2, 0) is 6.42 Å². The molecule has 3 rings (SSSR count). The zero-order valence-corrected chi connectivity index (χ0v) is 8.84. The molecule has 1 aliphatic carbocycles. The Kier molecular flexibility index (Phi) is 2.08. The van der Waals surface area contributed by atoms with Gasteiger partial charge >= 0.3 is 0 Å². The molecule has 0 bridgehead atoms. The third-order valence-corrected chi connectivity index (χ3v) is 3.01. The van der Waals surface area contributed by atoms with E-state index < -0.39 is 5.82 Å². The zero-order chi connectivity index (χ0) is 12.0. The number of hydrogen-bond acceptors (Lipinski definition) is 1. The van der Waals surface area contributed by atoms with Gasteiger partial charge in [0, 0.05) is 11.1 Å². The number of carbonyl (C=O) groups excluding carboxylic acids is 1. The Morgan fingerprint density at radius 2 is 1.53 bits per heavy atom. The van der Waals surface area contributed by atoms with Crippen LogP contribution >= 0.6 is 0 Å². The van der Waals surface area contributed by atoms with E-state index in [-0.39, 0.29) is 11.6 Å². The second-order valence-corrected chi connectivity index (χ2v) is 4.11. The maximum atomic E-state index is 13.1. The molecule has 0 unspecified atom stereocenters. The van der Waals surface area contributed by atoms with E-state index in [1.165, 1.54) is 30.3 Å². The van der Waals surface area contributed by atoms with Crippen LogP contribution in [0.15, 0.2) is 36.4 Å². The Morgan fingerprint density at radius 3 is 2.35 bits per heavy atom. The fraction of sp³-hybridized carbons (Fsp3) is 0.0714. The summed E-state index contributed by atoms with van der Waals surface area (Å²) in [6.07, 6.45) is 0.467. The van der Waals surface area contributed by atoms with Crippen LogP contribution in [0.25, 0.3) is 0 Å². The monoisotopic (exact) mass is 230 g/mol. The van der Waals surface area contributed by atoms with Gasteiger partial charge in [0.2, 0.25) is 0 Å². The largest absolute Gasteiger partial charge is 0.289 e. The number of hydrogen-bond donors (Lipinski definition) is 0. The van der Waals surface area contributed by atoms with E-state index in [0.717, 1.165) is 5.56 Å². The normalized spacial score (nSPS) is 13.2. The van der Waals surface area contributed by atoms with E-state index in [0.29, 0.717) is 23.1 Å². The van der Waals surface area contributed by atoms with Crippen molar-refractivity contribution < 1.29 is 13.6 Å². The minimum atomic E-state index is -0.428. The van der Waals surface area contributed by atoms with Crippen molar-refractivity contribution in [1.29, 1.82) is 0 Å². The van der Waals surface area contributed by atoms with Crippen LogP contribution < -0.4 is 0 Å². The van der Waals surface area contributed by atoms with Crippen LogP contribution in [0, 0.1) is 11.6 Å². The maximum absolute atomic E-state index is 13.1. The average molecular weight is 230 g/mol. The molecule has 0 spiro atoms. The van der Waals surface area contributed by atoms with E-state index in [1.54, 1.807) is 6.07 Å². The van der Waals surface area contributed by atoms with Crippen molar-refractivity contribution in [2.24, 2.45) is 0 Å². The summed E-state index contributed by atoms with van der Waals surface area (Å²) in [5.41, 5.74) is 2.25. The molecule has 1 aliphatic rings. The summed E-state index contributed by atoms with van der Waals surface area (Å²) in [5.74, 6) is -1.02. The van der Waals surface area contributed by atoms with Crippen LogP contribution in [0.1, 0.15) is 27.0 Å². The Labute approximate surface area is 96.7 Å². The van der Waals surface area contributed by atoms with Gasteiger partial charge in [-0.1, -0.05) is 6.07 Å². The SMILES string of the molecule is O=C1c2ccc(F)cc2Cc2ccc(F)cc21. The van der Waals surface area contributed by atoms with E-state index in [1.807, 2.05) is 0 Å². The van der Waals surface area contributed by atoms with Crippen molar-refractivity contribution in [1.82, 2.24) is 0 Å². The fourth-order valence-corrected chi connectivity index (χ4v) is 2.19. The molecule has 0 heterocycles. The Bertz CT molecular complexity index is 632. The minimum absolute atomic E-state index is 0.235. The number of benzene rings is 2. The van der Waals surface area contributed by atoms with E-state index >= 15 is 0 Å². The van der Waals surface area contributed by atoms with Gasteiger partial charge < -0.3 is 0 Å². The Morgan fingerprint density at radius 1 is 0.824 bits per heavy atom. The lowest BCUT2D eigenvalue weighted by Crippen LogP contribution is -2.15. The van der Waals surface area contributed by atoms with Crippen molar-refractivity contribution in [3.8, 4) is 0 Å². The number of fused-ring (bicyclic) bond motifs is 2. The second-order valence-electron chi connectivity index (χ2n) is 4.11.